The van der Waals surface area contributed by atoms with Gasteiger partial charge in [-0.2, -0.15) is 13.2 Å². The van der Waals surface area contributed by atoms with Gasteiger partial charge in [0.1, 0.15) is 0 Å². The van der Waals surface area contributed by atoms with E-state index in [-0.39, 0.29) is 0 Å². The molecule has 0 aliphatic heterocycles. The predicted molar refractivity (Wildman–Crippen MR) is 71.3 cm³/mol. The smallest absolute Gasteiger partial charge is 0.289 e. The highest BCUT2D eigenvalue weighted by atomic mass is 32.2. The van der Waals surface area contributed by atoms with Crippen molar-refractivity contribution < 1.29 is 21.9 Å². The monoisotopic (exact) mass is 301 g/mol. The van der Waals surface area contributed by atoms with Crippen LogP contribution in [0.1, 0.15) is 5.56 Å². The van der Waals surface area contributed by atoms with Gasteiger partial charge in [-0.25, -0.2) is 4.21 Å². The van der Waals surface area contributed by atoms with Gasteiger partial charge in [-0.05, 0) is 35.4 Å². The van der Waals surface area contributed by atoms with Gasteiger partial charge in [0.2, 0.25) is 0 Å². The third-order valence-electron chi connectivity index (χ3n) is 2.64. The number of hydrogen-bond donors (Lipinski definition) is 2. The second kappa shape index (κ2) is 5.64. The van der Waals surface area contributed by atoms with Crippen LogP contribution in [-0.4, -0.2) is 8.76 Å². The highest BCUT2D eigenvalue weighted by Gasteiger charge is 2.29. The number of anilines is 1. The van der Waals surface area contributed by atoms with Crippen molar-refractivity contribution >= 4 is 17.0 Å². The highest BCUT2D eigenvalue weighted by molar-refractivity contribution is 7.80. The molecule has 2 aromatic carbocycles. The van der Waals surface area contributed by atoms with E-state index < -0.39 is 23.0 Å². The van der Waals surface area contributed by atoms with Crippen LogP contribution in [0.25, 0.3) is 11.1 Å². The Morgan fingerprint density at radius 3 is 1.75 bits per heavy atom. The van der Waals surface area contributed by atoms with E-state index in [0.717, 1.165) is 12.1 Å². The molecule has 0 aromatic heterocycles. The van der Waals surface area contributed by atoms with Crippen molar-refractivity contribution in [1.29, 1.82) is 0 Å². The van der Waals surface area contributed by atoms with Gasteiger partial charge in [0, 0.05) is 5.69 Å². The molecular formula is C13H10F3NO2S. The zero-order chi connectivity index (χ0) is 14.8. The SMILES string of the molecule is O=S(O)Nc1ccc(-c2ccc(C(F)(F)F)cc2)cc1. The van der Waals surface area contributed by atoms with Gasteiger partial charge in [-0.1, -0.05) is 24.3 Å². The minimum Gasteiger partial charge on any atom is -0.289 e. The lowest BCUT2D eigenvalue weighted by Gasteiger charge is -2.08. The second-order valence-corrected chi connectivity index (χ2v) is 4.71. The maximum absolute atomic E-state index is 12.4. The summed E-state index contributed by atoms with van der Waals surface area (Å²) in [6, 6.07) is 11.2. The fourth-order valence-electron chi connectivity index (χ4n) is 1.68. The van der Waals surface area contributed by atoms with Crippen LogP contribution in [0.2, 0.25) is 0 Å². The Hall–Kier alpha value is -1.86. The van der Waals surface area contributed by atoms with Gasteiger partial charge in [0.15, 0.2) is 0 Å². The molecule has 106 valence electrons. The van der Waals surface area contributed by atoms with E-state index >= 15 is 0 Å². The quantitative estimate of drug-likeness (QED) is 0.844. The van der Waals surface area contributed by atoms with Gasteiger partial charge in [0.05, 0.1) is 5.56 Å². The maximum atomic E-state index is 12.4. The van der Waals surface area contributed by atoms with Crippen molar-refractivity contribution in [2.24, 2.45) is 0 Å². The molecule has 0 saturated carbocycles. The minimum absolute atomic E-state index is 0.446. The van der Waals surface area contributed by atoms with Crippen molar-refractivity contribution in [3.05, 3.63) is 54.1 Å². The first kappa shape index (κ1) is 14.5. The Morgan fingerprint density at radius 2 is 1.35 bits per heavy atom. The van der Waals surface area contributed by atoms with Gasteiger partial charge < -0.3 is 0 Å². The van der Waals surface area contributed by atoms with Crippen LogP contribution >= 0.6 is 0 Å². The number of alkyl halides is 3. The summed E-state index contributed by atoms with van der Waals surface area (Å²) in [4.78, 5) is 0. The Kier molecular flexibility index (Phi) is 4.10. The summed E-state index contributed by atoms with van der Waals surface area (Å²) in [5, 5.41) is 0. The predicted octanol–water partition coefficient (Wildman–Crippen LogP) is 3.92. The van der Waals surface area contributed by atoms with Crippen molar-refractivity contribution in [3.8, 4) is 11.1 Å². The van der Waals surface area contributed by atoms with Crippen LogP contribution in [0.4, 0.5) is 18.9 Å². The Balaban J connectivity index is 2.21. The number of benzene rings is 2. The zero-order valence-electron chi connectivity index (χ0n) is 10.0. The largest absolute Gasteiger partial charge is 0.416 e. The fraction of sp³-hybridized carbons (Fsp3) is 0.0769. The Bertz CT molecular complexity index is 609. The van der Waals surface area contributed by atoms with Crippen LogP contribution < -0.4 is 4.72 Å². The number of hydrogen-bond acceptors (Lipinski definition) is 1. The van der Waals surface area contributed by atoms with E-state index in [1.807, 2.05) is 0 Å². The lowest BCUT2D eigenvalue weighted by Crippen LogP contribution is -2.04. The average Bonchev–Trinajstić information content (AvgIpc) is 2.38. The lowest BCUT2D eigenvalue weighted by molar-refractivity contribution is -0.137. The number of halogens is 3. The molecule has 0 aliphatic rings. The second-order valence-electron chi connectivity index (χ2n) is 4.00. The molecule has 2 rings (SSSR count). The summed E-state index contributed by atoms with van der Waals surface area (Å²) in [5.41, 5.74) is 1.10. The first-order chi connectivity index (χ1) is 9.36. The van der Waals surface area contributed by atoms with E-state index in [2.05, 4.69) is 4.72 Å². The Morgan fingerprint density at radius 1 is 0.900 bits per heavy atom. The van der Waals surface area contributed by atoms with Crippen molar-refractivity contribution in [1.82, 2.24) is 0 Å². The summed E-state index contributed by atoms with van der Waals surface area (Å²) in [6.45, 7) is 0. The standard InChI is InChI=1S/C13H10F3NO2S/c14-13(15,16)11-5-1-9(2-6-11)10-3-7-12(8-4-10)17-20(18)19/h1-8,17H,(H,18,19). The molecular weight excluding hydrogens is 291 g/mol. The molecule has 0 amide bonds. The van der Waals surface area contributed by atoms with Gasteiger partial charge in [0.25, 0.3) is 11.3 Å². The summed E-state index contributed by atoms with van der Waals surface area (Å²) < 4.78 is 58.8. The molecule has 2 aromatic rings. The summed E-state index contributed by atoms with van der Waals surface area (Å²) in [5.74, 6) is 0. The first-order valence-electron chi connectivity index (χ1n) is 5.51. The minimum atomic E-state index is -4.35. The molecule has 1 unspecified atom stereocenters. The Labute approximate surface area is 115 Å². The summed E-state index contributed by atoms with van der Waals surface area (Å²) in [7, 11) is 0. The van der Waals surface area contributed by atoms with Crippen molar-refractivity contribution in [3.63, 3.8) is 0 Å². The maximum Gasteiger partial charge on any atom is 0.416 e. The fourth-order valence-corrected chi connectivity index (χ4v) is 2.02. The summed E-state index contributed by atoms with van der Waals surface area (Å²) in [6.07, 6.45) is -4.35. The third kappa shape index (κ3) is 3.58. The van der Waals surface area contributed by atoms with E-state index in [4.69, 9.17) is 4.55 Å². The van der Waals surface area contributed by atoms with Gasteiger partial charge >= 0.3 is 6.18 Å². The van der Waals surface area contributed by atoms with Gasteiger partial charge in [-0.3, -0.25) is 9.27 Å². The van der Waals surface area contributed by atoms with Crippen molar-refractivity contribution in [2.75, 3.05) is 4.72 Å². The molecule has 0 saturated heterocycles. The molecule has 7 heteroatoms. The van der Waals surface area contributed by atoms with Crippen LogP contribution in [0.5, 0.6) is 0 Å². The molecule has 1 atom stereocenters. The molecule has 3 nitrogen and oxygen atoms in total. The molecule has 0 aliphatic carbocycles. The molecule has 2 N–H and O–H groups in total. The van der Waals surface area contributed by atoms with Crippen LogP contribution in [0, 0.1) is 0 Å². The molecule has 0 radical (unpaired) electrons. The topological polar surface area (TPSA) is 49.3 Å². The third-order valence-corrected chi connectivity index (χ3v) is 3.05. The zero-order valence-corrected chi connectivity index (χ0v) is 10.8. The van der Waals surface area contributed by atoms with Crippen LogP contribution in [-0.2, 0) is 17.4 Å². The first-order valence-corrected chi connectivity index (χ1v) is 6.62. The molecule has 20 heavy (non-hydrogen) atoms. The lowest BCUT2D eigenvalue weighted by atomic mass is 10.0. The highest BCUT2D eigenvalue weighted by Crippen LogP contribution is 2.31. The summed E-state index contributed by atoms with van der Waals surface area (Å²) >= 11 is -2.16. The van der Waals surface area contributed by atoms with E-state index in [0.29, 0.717) is 16.8 Å². The molecule has 0 bridgehead atoms. The van der Waals surface area contributed by atoms with Gasteiger partial charge in [-0.15, -0.1) is 0 Å². The molecule has 0 heterocycles. The normalized spacial score (nSPS) is 13.0. The number of rotatable bonds is 3. The van der Waals surface area contributed by atoms with E-state index in [1.165, 1.54) is 12.1 Å². The average molecular weight is 301 g/mol. The molecule has 0 fully saturated rings. The van der Waals surface area contributed by atoms with Crippen LogP contribution in [0.15, 0.2) is 48.5 Å². The van der Waals surface area contributed by atoms with E-state index in [1.54, 1.807) is 24.3 Å². The van der Waals surface area contributed by atoms with Crippen LogP contribution in [0.3, 0.4) is 0 Å². The number of nitrogens with one attached hydrogen (secondary N) is 1. The van der Waals surface area contributed by atoms with Crippen molar-refractivity contribution in [2.45, 2.75) is 6.18 Å². The molecule has 0 spiro atoms. The van der Waals surface area contributed by atoms with E-state index in [9.17, 15) is 17.4 Å².